The first-order chi connectivity index (χ1) is 25.1. The number of aromatic nitrogens is 2. The average Bonchev–Trinajstić information content (AvgIpc) is 3.71. The fourth-order valence-electron chi connectivity index (χ4n) is 7.59. The monoisotopic (exact) mass is 681 g/mol. The summed E-state index contributed by atoms with van der Waals surface area (Å²) in [5.74, 6) is 0.767. The lowest BCUT2D eigenvalue weighted by Crippen LogP contribution is -2.38. The molecule has 1 atom stereocenters. The van der Waals surface area contributed by atoms with Gasteiger partial charge in [0.05, 0.1) is 34.8 Å². The number of thiazole rings is 1. The molecule has 1 aliphatic carbocycles. The average molecular weight is 682 g/mol. The van der Waals surface area contributed by atoms with Gasteiger partial charge in [-0.15, -0.1) is 0 Å². The Bertz CT molecular complexity index is 2650. The minimum Gasteiger partial charge on any atom is -0.497 e. The van der Waals surface area contributed by atoms with Crippen molar-refractivity contribution in [1.82, 2.24) is 9.13 Å². The first-order valence-electron chi connectivity index (χ1n) is 17.3. The van der Waals surface area contributed by atoms with Crippen LogP contribution in [0.15, 0.2) is 155 Å². The molecule has 0 spiro atoms. The van der Waals surface area contributed by atoms with Gasteiger partial charge in [0.25, 0.3) is 5.56 Å². The van der Waals surface area contributed by atoms with E-state index in [9.17, 15) is 4.79 Å². The van der Waals surface area contributed by atoms with Crippen LogP contribution in [0.2, 0.25) is 0 Å². The van der Waals surface area contributed by atoms with Gasteiger partial charge in [0.15, 0.2) is 4.80 Å². The molecule has 9 rings (SSSR count). The molecular weight excluding hydrogens is 647 g/mol. The highest BCUT2D eigenvalue weighted by atomic mass is 32.1. The van der Waals surface area contributed by atoms with Crippen LogP contribution in [0.1, 0.15) is 40.3 Å². The normalized spacial score (nSPS) is 15.2. The number of rotatable bonds is 6. The number of benzene rings is 5. The summed E-state index contributed by atoms with van der Waals surface area (Å²) in [4.78, 5) is 20.8. The molecule has 3 heterocycles. The van der Waals surface area contributed by atoms with E-state index in [4.69, 9.17) is 9.73 Å². The van der Waals surface area contributed by atoms with Crippen LogP contribution in [-0.2, 0) is 6.42 Å². The molecule has 0 radical (unpaired) electrons. The number of methoxy groups -OCH3 is 1. The van der Waals surface area contributed by atoms with Gasteiger partial charge in [-0.05, 0) is 84.0 Å². The SMILES string of the molecule is COc1cccc([C@H]2C3=C(N=c4s/c(=C/c5cc(-c6ccccc6)n(-c6ccc(C)cc6)c5-c5ccccc5)c(=O)n42)c2ccccc2CC3)c1. The molecule has 0 N–H and O–H groups in total. The predicted molar refractivity (Wildman–Crippen MR) is 207 cm³/mol. The molecule has 0 fully saturated rings. The van der Waals surface area contributed by atoms with E-state index in [1.54, 1.807) is 7.11 Å². The predicted octanol–water partition coefficient (Wildman–Crippen LogP) is 8.76. The Morgan fingerprint density at radius 2 is 1.51 bits per heavy atom. The molecule has 5 nitrogen and oxygen atoms in total. The van der Waals surface area contributed by atoms with Crippen molar-refractivity contribution in [3.05, 3.63) is 193 Å². The highest BCUT2D eigenvalue weighted by Crippen LogP contribution is 2.42. The highest BCUT2D eigenvalue weighted by molar-refractivity contribution is 7.07. The van der Waals surface area contributed by atoms with E-state index in [-0.39, 0.29) is 11.6 Å². The molecule has 6 heteroatoms. The minimum atomic E-state index is -0.285. The summed E-state index contributed by atoms with van der Waals surface area (Å²) in [6, 6.07) is 48.1. The second-order valence-electron chi connectivity index (χ2n) is 13.1. The quantitative estimate of drug-likeness (QED) is 0.176. The largest absolute Gasteiger partial charge is 0.497 e. The third-order valence-corrected chi connectivity index (χ3v) is 11.0. The van der Waals surface area contributed by atoms with Gasteiger partial charge in [-0.1, -0.05) is 126 Å². The van der Waals surface area contributed by atoms with E-state index in [1.807, 2.05) is 28.8 Å². The Morgan fingerprint density at radius 1 is 0.784 bits per heavy atom. The van der Waals surface area contributed by atoms with Gasteiger partial charge >= 0.3 is 0 Å². The van der Waals surface area contributed by atoms with Gasteiger partial charge < -0.3 is 9.30 Å². The number of hydrogen-bond acceptors (Lipinski definition) is 4. The van der Waals surface area contributed by atoms with Crippen molar-refractivity contribution >= 4 is 23.1 Å². The van der Waals surface area contributed by atoms with Crippen molar-refractivity contribution in [2.24, 2.45) is 4.99 Å². The van der Waals surface area contributed by atoms with E-state index in [0.717, 1.165) is 69.2 Å². The van der Waals surface area contributed by atoms with Gasteiger partial charge in [0.1, 0.15) is 5.75 Å². The second kappa shape index (κ2) is 12.7. The van der Waals surface area contributed by atoms with Gasteiger partial charge in [0.2, 0.25) is 0 Å². The number of fused-ring (bicyclic) bond motifs is 3. The summed E-state index contributed by atoms with van der Waals surface area (Å²) in [7, 11) is 1.68. The van der Waals surface area contributed by atoms with Crippen molar-refractivity contribution in [2.45, 2.75) is 25.8 Å². The smallest absolute Gasteiger partial charge is 0.271 e. The summed E-state index contributed by atoms with van der Waals surface area (Å²) in [6.45, 7) is 2.11. The fourth-order valence-corrected chi connectivity index (χ4v) is 8.58. The lowest BCUT2D eigenvalue weighted by Gasteiger charge is -2.31. The lowest BCUT2D eigenvalue weighted by atomic mass is 9.83. The Labute approximate surface area is 300 Å². The number of ether oxygens (including phenoxy) is 1. The van der Waals surface area contributed by atoms with E-state index in [2.05, 4.69) is 133 Å². The van der Waals surface area contributed by atoms with Crippen molar-refractivity contribution in [3.8, 4) is 34.0 Å². The Balaban J connectivity index is 1.32. The van der Waals surface area contributed by atoms with Gasteiger partial charge in [-0.3, -0.25) is 9.36 Å². The van der Waals surface area contributed by atoms with Gasteiger partial charge in [-0.2, -0.15) is 0 Å². The third kappa shape index (κ3) is 5.40. The van der Waals surface area contributed by atoms with E-state index in [0.29, 0.717) is 9.33 Å². The minimum absolute atomic E-state index is 0.0414. The van der Waals surface area contributed by atoms with Gasteiger partial charge in [0, 0.05) is 16.8 Å². The molecule has 5 aromatic carbocycles. The number of aryl methyl sites for hydroxylation is 2. The Hall–Kier alpha value is -5.98. The summed E-state index contributed by atoms with van der Waals surface area (Å²) < 4.78 is 10.5. The summed E-state index contributed by atoms with van der Waals surface area (Å²) in [5.41, 5.74) is 13.1. The topological polar surface area (TPSA) is 48.5 Å². The van der Waals surface area contributed by atoms with Crippen LogP contribution in [0.5, 0.6) is 5.75 Å². The van der Waals surface area contributed by atoms with Crippen molar-refractivity contribution < 1.29 is 4.74 Å². The van der Waals surface area contributed by atoms with E-state index < -0.39 is 0 Å². The molecule has 0 bridgehead atoms. The first-order valence-corrected chi connectivity index (χ1v) is 18.1. The molecule has 7 aromatic rings. The zero-order valence-electron chi connectivity index (χ0n) is 28.4. The fraction of sp³-hybridized carbons (Fsp3) is 0.111. The molecule has 0 unspecified atom stereocenters. The second-order valence-corrected chi connectivity index (χ2v) is 14.1. The molecule has 51 heavy (non-hydrogen) atoms. The number of hydrogen-bond donors (Lipinski definition) is 0. The Kier molecular flexibility index (Phi) is 7.74. The van der Waals surface area contributed by atoms with Crippen LogP contribution < -0.4 is 19.6 Å². The maximum Gasteiger partial charge on any atom is 0.271 e. The highest BCUT2D eigenvalue weighted by Gasteiger charge is 2.33. The summed E-state index contributed by atoms with van der Waals surface area (Å²) in [6.07, 6.45) is 3.81. The molecule has 2 aromatic heterocycles. The molecule has 0 amide bonds. The van der Waals surface area contributed by atoms with Crippen molar-refractivity contribution in [1.29, 1.82) is 0 Å². The molecule has 0 saturated carbocycles. The number of allylic oxidation sites excluding steroid dienone is 1. The standard InChI is InChI=1S/C45H35N3O2S/c1-29-20-23-35(24-21-29)47-39(31-13-5-3-6-14-31)27-34(42(47)32-15-7-4-8-16-32)28-40-44(49)48-43(33-17-11-18-36(26-33)50-2)38-25-22-30-12-9-10-19-37(30)41(38)46-45(48)51-40/h3-21,23-24,26-28,43H,22,25H2,1-2H3/b40-28+/t43-/m0/s1. The maximum atomic E-state index is 14.8. The molecule has 0 saturated heterocycles. The van der Waals surface area contributed by atoms with Crippen LogP contribution in [-0.4, -0.2) is 16.2 Å². The molecule has 2 aliphatic rings. The van der Waals surface area contributed by atoms with E-state index >= 15 is 0 Å². The zero-order valence-corrected chi connectivity index (χ0v) is 29.2. The van der Waals surface area contributed by atoms with Crippen LogP contribution in [0.3, 0.4) is 0 Å². The van der Waals surface area contributed by atoms with Crippen LogP contribution in [0.4, 0.5) is 0 Å². The van der Waals surface area contributed by atoms with Crippen LogP contribution in [0.25, 0.3) is 40.0 Å². The van der Waals surface area contributed by atoms with Crippen molar-refractivity contribution in [3.63, 3.8) is 0 Å². The number of nitrogens with zero attached hydrogens (tertiary/aromatic N) is 3. The summed E-state index contributed by atoms with van der Waals surface area (Å²) in [5, 5.41) is 0. The molecule has 248 valence electrons. The van der Waals surface area contributed by atoms with E-state index in [1.165, 1.54) is 28.0 Å². The zero-order chi connectivity index (χ0) is 34.5. The van der Waals surface area contributed by atoms with Crippen LogP contribution in [0, 0.1) is 6.92 Å². The Morgan fingerprint density at radius 3 is 2.27 bits per heavy atom. The lowest BCUT2D eigenvalue weighted by molar-refractivity contribution is 0.413. The van der Waals surface area contributed by atoms with Crippen LogP contribution >= 0.6 is 11.3 Å². The van der Waals surface area contributed by atoms with Gasteiger partial charge in [-0.25, -0.2) is 4.99 Å². The summed E-state index contributed by atoms with van der Waals surface area (Å²) >= 11 is 1.46. The first kappa shape index (κ1) is 31.0. The molecule has 1 aliphatic heterocycles. The molecular formula is C45H35N3O2S. The maximum absolute atomic E-state index is 14.8. The third-order valence-electron chi connectivity index (χ3n) is 10.0. The van der Waals surface area contributed by atoms with Crippen molar-refractivity contribution in [2.75, 3.05) is 7.11 Å².